The van der Waals surface area contributed by atoms with Crippen molar-refractivity contribution in [1.29, 1.82) is 0 Å². The molecule has 1 N–H and O–H groups in total. The van der Waals surface area contributed by atoms with E-state index in [1.165, 1.54) is 0 Å². The molecule has 1 aliphatic rings. The molecule has 1 fully saturated rings. The van der Waals surface area contributed by atoms with Gasteiger partial charge in [-0.3, -0.25) is 14.7 Å². The lowest BCUT2D eigenvalue weighted by Gasteiger charge is -2.24. The summed E-state index contributed by atoms with van der Waals surface area (Å²) < 4.78 is 7.30. The van der Waals surface area contributed by atoms with Crippen molar-refractivity contribution in [3.05, 3.63) is 41.3 Å². The van der Waals surface area contributed by atoms with E-state index < -0.39 is 0 Å². The molecule has 0 aromatic carbocycles. The highest BCUT2D eigenvalue weighted by molar-refractivity contribution is 5.78. The Kier molecular flexibility index (Phi) is 5.33. The summed E-state index contributed by atoms with van der Waals surface area (Å²) in [6.45, 7) is 3.72. The monoisotopic (exact) mass is 343 g/mol. The van der Waals surface area contributed by atoms with Crippen LogP contribution in [0.5, 0.6) is 5.88 Å². The fourth-order valence-electron chi connectivity index (χ4n) is 3.55. The van der Waals surface area contributed by atoms with E-state index in [0.717, 1.165) is 42.2 Å². The number of pyridine rings is 1. The minimum Gasteiger partial charge on any atom is -0.481 e. The molecule has 134 valence electrons. The summed E-state index contributed by atoms with van der Waals surface area (Å²) in [7, 11) is 3.55. The van der Waals surface area contributed by atoms with E-state index in [4.69, 9.17) is 4.74 Å². The van der Waals surface area contributed by atoms with Gasteiger partial charge in [-0.15, -0.1) is 0 Å². The van der Waals surface area contributed by atoms with E-state index in [2.05, 4.69) is 20.3 Å². The van der Waals surface area contributed by atoms with Crippen LogP contribution in [-0.2, 0) is 18.4 Å². The lowest BCUT2D eigenvalue weighted by molar-refractivity contribution is -0.122. The van der Waals surface area contributed by atoms with Gasteiger partial charge in [0, 0.05) is 19.3 Å². The summed E-state index contributed by atoms with van der Waals surface area (Å²) in [5, 5.41) is 7.42. The van der Waals surface area contributed by atoms with Crippen LogP contribution < -0.4 is 10.1 Å². The van der Waals surface area contributed by atoms with E-state index in [-0.39, 0.29) is 11.9 Å². The summed E-state index contributed by atoms with van der Waals surface area (Å²) in [4.78, 5) is 18.8. The highest BCUT2D eigenvalue weighted by Gasteiger charge is 2.33. The van der Waals surface area contributed by atoms with Crippen molar-refractivity contribution >= 4 is 5.91 Å². The molecule has 3 heterocycles. The molecule has 0 saturated carbocycles. The molecule has 0 spiro atoms. The van der Waals surface area contributed by atoms with Gasteiger partial charge in [0.15, 0.2) is 0 Å². The highest BCUT2D eigenvalue weighted by Crippen LogP contribution is 2.38. The zero-order chi connectivity index (χ0) is 17.8. The van der Waals surface area contributed by atoms with Crippen LogP contribution >= 0.6 is 0 Å². The minimum atomic E-state index is 0.0121. The fraction of sp³-hybridized carbons (Fsp3) is 0.500. The lowest BCUT2D eigenvalue weighted by Crippen LogP contribution is -2.37. The van der Waals surface area contributed by atoms with Crippen LogP contribution in [0.15, 0.2) is 24.4 Å². The first-order chi connectivity index (χ1) is 12.1. The molecule has 1 saturated heterocycles. The molecule has 7 heteroatoms. The number of hydrogen-bond donors (Lipinski definition) is 1. The number of amides is 1. The quantitative estimate of drug-likeness (QED) is 0.862. The summed E-state index contributed by atoms with van der Waals surface area (Å²) >= 11 is 0. The van der Waals surface area contributed by atoms with Gasteiger partial charge < -0.3 is 10.1 Å². The molecule has 2 aromatic heterocycles. The second kappa shape index (κ2) is 7.65. The van der Waals surface area contributed by atoms with Gasteiger partial charge in [-0.25, -0.2) is 4.68 Å². The maximum absolute atomic E-state index is 12.4. The first kappa shape index (κ1) is 17.4. The third-order valence-electron chi connectivity index (χ3n) is 4.64. The van der Waals surface area contributed by atoms with Crippen LogP contribution in [0.1, 0.15) is 35.8 Å². The number of hydrogen-bond acceptors (Lipinski definition) is 5. The molecule has 0 bridgehead atoms. The van der Waals surface area contributed by atoms with Gasteiger partial charge in [-0.1, -0.05) is 6.07 Å². The summed E-state index contributed by atoms with van der Waals surface area (Å²) in [6, 6.07) is 5.86. The molecule has 1 amide bonds. The third kappa shape index (κ3) is 3.82. The van der Waals surface area contributed by atoms with Gasteiger partial charge in [-0.2, -0.15) is 5.10 Å². The van der Waals surface area contributed by atoms with E-state index in [0.29, 0.717) is 13.1 Å². The van der Waals surface area contributed by atoms with Crippen molar-refractivity contribution in [3.8, 4) is 5.88 Å². The maximum Gasteiger partial charge on any atom is 0.234 e. The Morgan fingerprint density at radius 2 is 2.28 bits per heavy atom. The molecule has 0 aliphatic carbocycles. The fourth-order valence-corrected chi connectivity index (χ4v) is 3.55. The zero-order valence-corrected chi connectivity index (χ0v) is 15.0. The molecule has 1 atom stereocenters. The number of nitrogens with one attached hydrogen (secondary N) is 1. The predicted molar refractivity (Wildman–Crippen MR) is 94.1 cm³/mol. The van der Waals surface area contributed by atoms with Crippen molar-refractivity contribution in [2.75, 3.05) is 20.2 Å². The average molecular weight is 343 g/mol. The normalized spacial score (nSPS) is 17.6. The smallest absolute Gasteiger partial charge is 0.234 e. The van der Waals surface area contributed by atoms with E-state index in [1.807, 2.05) is 32.2 Å². The summed E-state index contributed by atoms with van der Waals surface area (Å²) in [5.74, 6) is 0.793. The number of rotatable bonds is 6. The van der Waals surface area contributed by atoms with Gasteiger partial charge in [0.2, 0.25) is 11.8 Å². The Morgan fingerprint density at radius 1 is 1.44 bits per heavy atom. The molecule has 2 aromatic rings. The first-order valence-electron chi connectivity index (χ1n) is 8.58. The number of carbonyl (C=O) groups excluding carboxylic acids is 1. The summed E-state index contributed by atoms with van der Waals surface area (Å²) in [5.41, 5.74) is 2.92. The maximum atomic E-state index is 12.4. The highest BCUT2D eigenvalue weighted by atomic mass is 16.5. The van der Waals surface area contributed by atoms with Crippen molar-refractivity contribution in [1.82, 2.24) is 25.0 Å². The molecule has 0 unspecified atom stereocenters. The number of aryl methyl sites for hydroxylation is 2. The number of ether oxygens (including phenoxy) is 1. The van der Waals surface area contributed by atoms with Gasteiger partial charge in [-0.05, 0) is 38.4 Å². The topological polar surface area (TPSA) is 72.3 Å². The molecule has 0 radical (unpaired) electrons. The van der Waals surface area contributed by atoms with Crippen molar-refractivity contribution in [2.45, 2.75) is 32.4 Å². The van der Waals surface area contributed by atoms with E-state index in [1.54, 1.807) is 18.0 Å². The van der Waals surface area contributed by atoms with Crippen LogP contribution in [0.25, 0.3) is 0 Å². The van der Waals surface area contributed by atoms with Gasteiger partial charge in [0.05, 0.1) is 37.2 Å². The average Bonchev–Trinajstić information content (AvgIpc) is 3.16. The van der Waals surface area contributed by atoms with E-state index >= 15 is 0 Å². The molecular formula is C18H25N5O2. The largest absolute Gasteiger partial charge is 0.481 e. The number of likely N-dealkylation sites (tertiary alicyclic amines) is 1. The Morgan fingerprint density at radius 3 is 3.00 bits per heavy atom. The third-order valence-corrected chi connectivity index (χ3v) is 4.64. The van der Waals surface area contributed by atoms with Gasteiger partial charge in [0.1, 0.15) is 0 Å². The Hall–Kier alpha value is -2.41. The SMILES string of the molecule is COc1c([C@H]2CCCN2CC(=O)NCc2ccccn2)c(C)nn1C. The van der Waals surface area contributed by atoms with Gasteiger partial charge >= 0.3 is 0 Å². The summed E-state index contributed by atoms with van der Waals surface area (Å²) in [6.07, 6.45) is 3.81. The predicted octanol–water partition coefficient (Wildman–Crippen LogP) is 1.59. The first-order valence-corrected chi connectivity index (χ1v) is 8.58. The molecular weight excluding hydrogens is 318 g/mol. The van der Waals surface area contributed by atoms with Crippen molar-refractivity contribution < 1.29 is 9.53 Å². The Bertz CT molecular complexity index is 729. The molecule has 7 nitrogen and oxygen atoms in total. The van der Waals surface area contributed by atoms with Crippen LogP contribution in [0.3, 0.4) is 0 Å². The Balaban J connectivity index is 1.65. The van der Waals surface area contributed by atoms with E-state index in [9.17, 15) is 4.79 Å². The van der Waals surface area contributed by atoms with Crippen LogP contribution in [-0.4, -0.2) is 45.8 Å². The second-order valence-corrected chi connectivity index (χ2v) is 6.36. The van der Waals surface area contributed by atoms with Crippen molar-refractivity contribution in [3.63, 3.8) is 0 Å². The number of aromatic nitrogens is 3. The number of methoxy groups -OCH3 is 1. The second-order valence-electron chi connectivity index (χ2n) is 6.36. The lowest BCUT2D eigenvalue weighted by atomic mass is 10.1. The molecule has 3 rings (SSSR count). The zero-order valence-electron chi connectivity index (χ0n) is 15.0. The standard InChI is InChI=1S/C18H25N5O2/c1-13-17(18(25-3)22(2)21-13)15-8-6-10-23(15)12-16(24)20-11-14-7-4-5-9-19-14/h4-5,7,9,15H,6,8,10-12H2,1-3H3,(H,20,24)/t15-/m1/s1. The molecule has 25 heavy (non-hydrogen) atoms. The van der Waals surface area contributed by atoms with Crippen LogP contribution in [0.4, 0.5) is 0 Å². The minimum absolute atomic E-state index is 0.0121. The van der Waals surface area contributed by atoms with Crippen LogP contribution in [0, 0.1) is 6.92 Å². The Labute approximate surface area is 148 Å². The van der Waals surface area contributed by atoms with Crippen LogP contribution in [0.2, 0.25) is 0 Å². The number of nitrogens with zero attached hydrogens (tertiary/aromatic N) is 4. The molecule has 1 aliphatic heterocycles. The van der Waals surface area contributed by atoms with Crippen molar-refractivity contribution in [2.24, 2.45) is 7.05 Å². The van der Waals surface area contributed by atoms with Gasteiger partial charge in [0.25, 0.3) is 0 Å². The number of carbonyl (C=O) groups is 1.